The van der Waals surface area contributed by atoms with Crippen LogP contribution in [0.5, 0.6) is 11.5 Å². The lowest BCUT2D eigenvalue weighted by atomic mass is 10.1. The Morgan fingerprint density at radius 1 is 1.15 bits per heavy atom. The maximum Gasteiger partial charge on any atom is 0.259 e. The van der Waals surface area contributed by atoms with Gasteiger partial charge in [-0.05, 0) is 57.0 Å². The number of aromatic hydroxyl groups is 1. The third kappa shape index (κ3) is 4.75. The molecule has 0 aromatic heterocycles. The number of aryl methyl sites for hydroxylation is 3. The normalized spacial score (nSPS) is 11.2. The first-order valence-electron chi connectivity index (χ1n) is 8.34. The summed E-state index contributed by atoms with van der Waals surface area (Å²) in [7, 11) is 1.55. The second-order valence-electron chi connectivity index (χ2n) is 6.24. The van der Waals surface area contributed by atoms with Crippen LogP contribution in [0, 0.1) is 20.8 Å². The maximum atomic E-state index is 12.1. The smallest absolute Gasteiger partial charge is 0.259 e. The number of hydrogen-bond donors (Lipinski definition) is 3. The van der Waals surface area contributed by atoms with Gasteiger partial charge < -0.3 is 15.2 Å². The minimum atomic E-state index is -0.272. The lowest BCUT2D eigenvalue weighted by Gasteiger charge is -2.13. The second-order valence-corrected chi connectivity index (χ2v) is 6.24. The topological polar surface area (TPSA) is 83.0 Å². The Bertz CT molecular complexity index is 821. The van der Waals surface area contributed by atoms with Crippen LogP contribution in [0.1, 0.15) is 29.2 Å². The number of carbonyl (C=O) groups is 1. The number of nitrogens with one attached hydrogen (secondary N) is 2. The molecule has 0 fully saturated rings. The van der Waals surface area contributed by atoms with Crippen molar-refractivity contribution < 1.29 is 14.6 Å². The fraction of sp³-hybridized carbons (Fsp3) is 0.300. The fourth-order valence-corrected chi connectivity index (χ4v) is 2.81. The molecule has 0 heterocycles. The molecule has 2 rings (SSSR count). The molecule has 0 saturated carbocycles. The molecule has 1 amide bonds. The first kappa shape index (κ1) is 19.3. The van der Waals surface area contributed by atoms with E-state index in [1.165, 1.54) is 11.6 Å². The van der Waals surface area contributed by atoms with Gasteiger partial charge in [0.05, 0.1) is 19.4 Å². The summed E-state index contributed by atoms with van der Waals surface area (Å²) in [5.74, 6) is 0.405. The van der Waals surface area contributed by atoms with Crippen molar-refractivity contribution in [2.75, 3.05) is 19.0 Å². The van der Waals surface area contributed by atoms with Crippen molar-refractivity contribution in [3.63, 3.8) is 0 Å². The van der Waals surface area contributed by atoms with E-state index in [1.807, 2.05) is 20.8 Å². The van der Waals surface area contributed by atoms with Crippen LogP contribution in [-0.2, 0) is 4.79 Å². The van der Waals surface area contributed by atoms with Gasteiger partial charge in [0, 0.05) is 11.3 Å². The number of ether oxygens (including phenoxy) is 1. The molecule has 2 aromatic rings. The van der Waals surface area contributed by atoms with E-state index in [4.69, 9.17) is 4.74 Å². The second kappa shape index (κ2) is 8.38. The zero-order valence-electron chi connectivity index (χ0n) is 15.8. The maximum absolute atomic E-state index is 12.1. The van der Waals surface area contributed by atoms with Gasteiger partial charge in [-0.2, -0.15) is 5.10 Å². The van der Waals surface area contributed by atoms with Crippen molar-refractivity contribution in [2.24, 2.45) is 5.10 Å². The number of rotatable bonds is 6. The number of carbonyl (C=O) groups excluding carboxylic acids is 1. The zero-order chi connectivity index (χ0) is 19.3. The third-order valence-electron chi connectivity index (χ3n) is 4.04. The van der Waals surface area contributed by atoms with Gasteiger partial charge in [-0.25, -0.2) is 5.43 Å². The minimum absolute atomic E-state index is 0.0744. The number of anilines is 1. The Labute approximate surface area is 153 Å². The van der Waals surface area contributed by atoms with Crippen LogP contribution in [0.2, 0.25) is 0 Å². The number of methoxy groups -OCH3 is 1. The molecule has 0 atom stereocenters. The summed E-state index contributed by atoms with van der Waals surface area (Å²) in [6.07, 6.45) is 0. The van der Waals surface area contributed by atoms with Crippen molar-refractivity contribution >= 4 is 17.3 Å². The van der Waals surface area contributed by atoms with Crippen molar-refractivity contribution in [2.45, 2.75) is 27.7 Å². The SMILES string of the molecule is COc1ccc(O)c(/C(C)=N/NC(=O)CNc2c(C)cc(C)cc2C)c1. The van der Waals surface area contributed by atoms with E-state index in [9.17, 15) is 9.90 Å². The van der Waals surface area contributed by atoms with Gasteiger partial charge >= 0.3 is 0 Å². The van der Waals surface area contributed by atoms with Crippen LogP contribution in [0.4, 0.5) is 5.69 Å². The monoisotopic (exact) mass is 355 g/mol. The molecule has 138 valence electrons. The molecule has 0 saturated heterocycles. The molecule has 26 heavy (non-hydrogen) atoms. The van der Waals surface area contributed by atoms with Crippen molar-refractivity contribution in [1.82, 2.24) is 5.43 Å². The summed E-state index contributed by atoms with van der Waals surface area (Å²) in [4.78, 5) is 12.1. The van der Waals surface area contributed by atoms with Gasteiger partial charge in [0.2, 0.25) is 0 Å². The highest BCUT2D eigenvalue weighted by Crippen LogP contribution is 2.23. The average Bonchev–Trinajstić information content (AvgIpc) is 2.59. The van der Waals surface area contributed by atoms with Crippen LogP contribution < -0.4 is 15.5 Å². The van der Waals surface area contributed by atoms with Gasteiger partial charge in [0.1, 0.15) is 11.5 Å². The molecular formula is C20H25N3O3. The van der Waals surface area contributed by atoms with E-state index in [-0.39, 0.29) is 18.2 Å². The standard InChI is InChI=1S/C20H25N3O3/c1-12-8-13(2)20(14(3)9-12)21-11-19(25)23-22-15(4)17-10-16(26-5)6-7-18(17)24/h6-10,21,24H,11H2,1-5H3,(H,23,25)/b22-15+. The Morgan fingerprint density at radius 2 is 1.81 bits per heavy atom. The predicted octanol–water partition coefficient (Wildman–Crippen LogP) is 3.28. The van der Waals surface area contributed by atoms with Gasteiger partial charge in [-0.3, -0.25) is 4.79 Å². The molecule has 0 bridgehead atoms. The molecule has 2 aromatic carbocycles. The summed E-state index contributed by atoms with van der Waals surface area (Å²) in [5, 5.41) is 17.2. The highest BCUT2D eigenvalue weighted by Gasteiger charge is 2.09. The van der Waals surface area contributed by atoms with E-state index >= 15 is 0 Å². The van der Waals surface area contributed by atoms with E-state index in [0.717, 1.165) is 16.8 Å². The van der Waals surface area contributed by atoms with Gasteiger partial charge in [-0.15, -0.1) is 0 Å². The highest BCUT2D eigenvalue weighted by atomic mass is 16.5. The minimum Gasteiger partial charge on any atom is -0.507 e. The summed E-state index contributed by atoms with van der Waals surface area (Å²) < 4.78 is 5.14. The predicted molar refractivity (Wildman–Crippen MR) is 104 cm³/mol. The van der Waals surface area contributed by atoms with Crippen LogP contribution in [0.25, 0.3) is 0 Å². The third-order valence-corrected chi connectivity index (χ3v) is 4.04. The van der Waals surface area contributed by atoms with Gasteiger partial charge in [0.25, 0.3) is 5.91 Å². The van der Waals surface area contributed by atoms with Crippen molar-refractivity contribution in [3.8, 4) is 11.5 Å². The van der Waals surface area contributed by atoms with E-state index < -0.39 is 0 Å². The van der Waals surface area contributed by atoms with Crippen molar-refractivity contribution in [3.05, 3.63) is 52.6 Å². The number of hydrogen-bond acceptors (Lipinski definition) is 5. The van der Waals surface area contributed by atoms with Crippen LogP contribution in [0.15, 0.2) is 35.4 Å². The summed E-state index contributed by atoms with van der Waals surface area (Å²) >= 11 is 0. The zero-order valence-corrected chi connectivity index (χ0v) is 15.8. The molecule has 0 aliphatic rings. The summed E-state index contributed by atoms with van der Waals surface area (Å²) in [6.45, 7) is 7.87. The van der Waals surface area contributed by atoms with Crippen LogP contribution in [-0.4, -0.2) is 30.4 Å². The number of phenolic OH excluding ortho intramolecular Hbond substituents is 1. The molecule has 0 radical (unpaired) electrons. The molecule has 6 nitrogen and oxygen atoms in total. The Hall–Kier alpha value is -3.02. The molecular weight excluding hydrogens is 330 g/mol. The molecule has 0 aliphatic heterocycles. The molecule has 0 aliphatic carbocycles. The number of phenols is 1. The van der Waals surface area contributed by atoms with E-state index in [1.54, 1.807) is 26.2 Å². The highest BCUT2D eigenvalue weighted by molar-refractivity contribution is 6.02. The fourth-order valence-electron chi connectivity index (χ4n) is 2.81. The molecule has 3 N–H and O–H groups in total. The van der Waals surface area contributed by atoms with Crippen LogP contribution in [0.3, 0.4) is 0 Å². The van der Waals surface area contributed by atoms with E-state index in [0.29, 0.717) is 17.0 Å². The number of nitrogens with zero attached hydrogens (tertiary/aromatic N) is 1. The quantitative estimate of drug-likeness (QED) is 0.548. The molecule has 6 heteroatoms. The first-order valence-corrected chi connectivity index (χ1v) is 8.34. The molecule has 0 unspecified atom stereocenters. The van der Waals surface area contributed by atoms with Crippen molar-refractivity contribution in [1.29, 1.82) is 0 Å². The Morgan fingerprint density at radius 3 is 2.42 bits per heavy atom. The number of benzene rings is 2. The van der Waals surface area contributed by atoms with Crippen LogP contribution >= 0.6 is 0 Å². The lowest BCUT2D eigenvalue weighted by molar-refractivity contribution is -0.119. The Balaban J connectivity index is 2.01. The molecule has 0 spiro atoms. The number of amides is 1. The average molecular weight is 355 g/mol. The number of hydrazone groups is 1. The van der Waals surface area contributed by atoms with Gasteiger partial charge in [-0.1, -0.05) is 17.7 Å². The van der Waals surface area contributed by atoms with E-state index in [2.05, 4.69) is 28.0 Å². The lowest BCUT2D eigenvalue weighted by Crippen LogP contribution is -2.27. The largest absolute Gasteiger partial charge is 0.507 e. The Kier molecular flexibility index (Phi) is 6.22. The summed E-state index contributed by atoms with van der Waals surface area (Å²) in [6, 6.07) is 8.99. The van der Waals surface area contributed by atoms with Gasteiger partial charge in [0.15, 0.2) is 0 Å². The summed E-state index contributed by atoms with van der Waals surface area (Å²) in [5.41, 5.74) is 7.82. The first-order chi connectivity index (χ1) is 12.3.